The summed E-state index contributed by atoms with van der Waals surface area (Å²) in [7, 11) is 0. The van der Waals surface area contributed by atoms with Crippen molar-refractivity contribution in [1.29, 1.82) is 0 Å². The second kappa shape index (κ2) is 12.1. The molecule has 5 nitrogen and oxygen atoms in total. The fraction of sp³-hybridized carbons (Fsp3) is 0.481. The van der Waals surface area contributed by atoms with Gasteiger partial charge in [0, 0.05) is 17.6 Å². The lowest BCUT2D eigenvalue weighted by Crippen LogP contribution is -2.52. The maximum absolute atomic E-state index is 13.4. The first-order chi connectivity index (χ1) is 15.9. The molecule has 0 saturated heterocycles. The molecule has 1 saturated carbocycles. The molecule has 1 N–H and O–H groups in total. The van der Waals surface area contributed by atoms with Crippen LogP contribution in [0.25, 0.3) is 0 Å². The largest absolute Gasteiger partial charge is 0.483 e. The summed E-state index contributed by atoms with van der Waals surface area (Å²) in [6.45, 7) is 6.23. The van der Waals surface area contributed by atoms with E-state index in [1.165, 1.54) is 0 Å². The highest BCUT2D eigenvalue weighted by Crippen LogP contribution is 2.26. The summed E-state index contributed by atoms with van der Waals surface area (Å²) in [6.07, 6.45) is 4.77. The molecule has 2 aromatic carbocycles. The van der Waals surface area contributed by atoms with Crippen LogP contribution in [-0.2, 0) is 16.1 Å². The fourth-order valence-electron chi connectivity index (χ4n) is 4.41. The highest BCUT2D eigenvalue weighted by Gasteiger charge is 2.31. The Labute approximate surface area is 202 Å². The minimum absolute atomic E-state index is 0.104. The van der Waals surface area contributed by atoms with Crippen LogP contribution < -0.4 is 10.1 Å². The van der Waals surface area contributed by atoms with Gasteiger partial charge in [0.1, 0.15) is 11.8 Å². The van der Waals surface area contributed by atoms with E-state index in [0.717, 1.165) is 36.8 Å². The van der Waals surface area contributed by atoms with Gasteiger partial charge in [-0.05, 0) is 48.4 Å². The number of para-hydroxylation sites is 1. The third kappa shape index (κ3) is 6.73. The van der Waals surface area contributed by atoms with Crippen LogP contribution in [0.5, 0.6) is 5.75 Å². The molecule has 0 radical (unpaired) electrons. The fourth-order valence-corrected chi connectivity index (χ4v) is 4.60. The molecular weight excluding hydrogens is 436 g/mol. The van der Waals surface area contributed by atoms with Crippen LogP contribution in [0.3, 0.4) is 0 Å². The van der Waals surface area contributed by atoms with Crippen LogP contribution in [0.4, 0.5) is 0 Å². The van der Waals surface area contributed by atoms with Gasteiger partial charge >= 0.3 is 0 Å². The van der Waals surface area contributed by atoms with Gasteiger partial charge in [-0.3, -0.25) is 9.59 Å². The van der Waals surface area contributed by atoms with Crippen molar-refractivity contribution in [3.63, 3.8) is 0 Å². The number of benzene rings is 2. The Morgan fingerprint density at radius 2 is 1.76 bits per heavy atom. The first kappa shape index (κ1) is 25.1. The Morgan fingerprint density at radius 1 is 1.09 bits per heavy atom. The molecule has 178 valence electrons. The van der Waals surface area contributed by atoms with Gasteiger partial charge in [0.2, 0.25) is 5.91 Å². The van der Waals surface area contributed by atoms with Crippen molar-refractivity contribution in [2.75, 3.05) is 6.61 Å². The predicted octanol–water partition coefficient (Wildman–Crippen LogP) is 5.71. The second-order valence-electron chi connectivity index (χ2n) is 9.01. The predicted molar refractivity (Wildman–Crippen MR) is 133 cm³/mol. The molecule has 1 atom stereocenters. The topological polar surface area (TPSA) is 58.6 Å². The maximum atomic E-state index is 13.4. The summed E-state index contributed by atoms with van der Waals surface area (Å²) in [4.78, 5) is 28.2. The summed E-state index contributed by atoms with van der Waals surface area (Å²) in [5.41, 5.74) is 1.86. The minimum atomic E-state index is -0.585. The number of rotatable bonds is 10. The molecule has 1 aliphatic carbocycles. The molecule has 0 spiro atoms. The smallest absolute Gasteiger partial charge is 0.261 e. The van der Waals surface area contributed by atoms with E-state index in [9.17, 15) is 9.59 Å². The molecular formula is C27H35ClN2O3. The van der Waals surface area contributed by atoms with Crippen LogP contribution in [0, 0.1) is 0 Å². The van der Waals surface area contributed by atoms with E-state index < -0.39 is 6.04 Å². The van der Waals surface area contributed by atoms with Crippen LogP contribution in [0.1, 0.15) is 69.9 Å². The van der Waals surface area contributed by atoms with E-state index in [1.807, 2.05) is 49.4 Å². The van der Waals surface area contributed by atoms with Crippen LogP contribution in [0.15, 0.2) is 48.5 Å². The molecule has 3 rings (SSSR count). The van der Waals surface area contributed by atoms with Crippen LogP contribution in [0.2, 0.25) is 5.02 Å². The highest BCUT2D eigenvalue weighted by atomic mass is 35.5. The molecule has 1 aliphatic rings. The van der Waals surface area contributed by atoms with Gasteiger partial charge in [0.15, 0.2) is 6.61 Å². The standard InChI is InChI=1S/C27H35ClN2O3/c1-4-24(27(32)29-21-12-6-7-13-21)30(17-20-11-5-9-15-23(20)28)26(31)18-33-25-16-10-8-14-22(25)19(2)3/h5,8-11,14-16,19,21,24H,4,6-7,12-13,17-18H2,1-3H3,(H,29,32)/t24-/m0/s1. The lowest BCUT2D eigenvalue weighted by atomic mass is 10.0. The van der Waals surface area contributed by atoms with Crippen molar-refractivity contribution in [2.24, 2.45) is 0 Å². The zero-order chi connectivity index (χ0) is 23.8. The van der Waals surface area contributed by atoms with Gasteiger partial charge < -0.3 is 15.0 Å². The summed E-state index contributed by atoms with van der Waals surface area (Å²) >= 11 is 6.40. The number of carbonyl (C=O) groups is 2. The number of nitrogens with zero attached hydrogens (tertiary/aromatic N) is 1. The van der Waals surface area contributed by atoms with Gasteiger partial charge in [-0.2, -0.15) is 0 Å². The van der Waals surface area contributed by atoms with Gasteiger partial charge in [-0.15, -0.1) is 0 Å². The van der Waals surface area contributed by atoms with E-state index in [4.69, 9.17) is 16.3 Å². The molecule has 0 aliphatic heterocycles. The van der Waals surface area contributed by atoms with Crippen molar-refractivity contribution in [3.05, 3.63) is 64.7 Å². The molecule has 6 heteroatoms. The Bertz CT molecular complexity index is 940. The van der Waals surface area contributed by atoms with Crippen LogP contribution in [-0.4, -0.2) is 35.4 Å². The molecule has 0 bridgehead atoms. The SMILES string of the molecule is CC[C@@H](C(=O)NC1CCCC1)N(Cc1ccccc1Cl)C(=O)COc1ccccc1C(C)C. The Kier molecular flexibility index (Phi) is 9.19. The first-order valence-electron chi connectivity index (χ1n) is 12.0. The van der Waals surface area contributed by atoms with Crippen LogP contribution >= 0.6 is 11.6 Å². The molecule has 1 fully saturated rings. The Balaban J connectivity index is 1.80. The quantitative estimate of drug-likeness (QED) is 0.484. The first-order valence-corrected chi connectivity index (χ1v) is 12.3. The molecule has 2 aromatic rings. The van der Waals surface area contributed by atoms with Gasteiger partial charge in [0.05, 0.1) is 0 Å². The maximum Gasteiger partial charge on any atom is 0.261 e. The summed E-state index contributed by atoms with van der Waals surface area (Å²) in [5.74, 6) is 0.632. The number of hydrogen-bond acceptors (Lipinski definition) is 3. The molecule has 0 aromatic heterocycles. The monoisotopic (exact) mass is 470 g/mol. The lowest BCUT2D eigenvalue weighted by Gasteiger charge is -2.31. The molecule has 0 heterocycles. The number of hydrogen-bond donors (Lipinski definition) is 1. The Hall–Kier alpha value is -2.53. The van der Waals surface area contributed by atoms with E-state index in [-0.39, 0.29) is 36.9 Å². The molecule has 2 amide bonds. The van der Waals surface area contributed by atoms with Crippen molar-refractivity contribution in [2.45, 2.75) is 77.4 Å². The Morgan fingerprint density at radius 3 is 2.42 bits per heavy atom. The zero-order valence-corrected chi connectivity index (χ0v) is 20.6. The van der Waals surface area contributed by atoms with E-state index in [2.05, 4.69) is 19.2 Å². The van der Waals surface area contributed by atoms with E-state index in [1.54, 1.807) is 11.0 Å². The average molecular weight is 471 g/mol. The third-order valence-electron chi connectivity index (χ3n) is 6.28. The lowest BCUT2D eigenvalue weighted by molar-refractivity contribution is -0.143. The van der Waals surface area contributed by atoms with Crippen molar-refractivity contribution < 1.29 is 14.3 Å². The number of ether oxygens (including phenoxy) is 1. The van der Waals surface area contributed by atoms with Crippen molar-refractivity contribution in [1.82, 2.24) is 10.2 Å². The van der Waals surface area contributed by atoms with Gasteiger partial charge in [0.25, 0.3) is 5.91 Å². The average Bonchev–Trinajstić information content (AvgIpc) is 3.31. The summed E-state index contributed by atoms with van der Waals surface area (Å²) in [6, 6.07) is 14.8. The van der Waals surface area contributed by atoms with Gasteiger partial charge in [-0.1, -0.05) is 81.6 Å². The van der Waals surface area contributed by atoms with Gasteiger partial charge in [-0.25, -0.2) is 0 Å². The summed E-state index contributed by atoms with van der Waals surface area (Å²) < 4.78 is 5.96. The normalized spacial score (nSPS) is 14.8. The number of halogens is 1. The number of nitrogens with one attached hydrogen (secondary N) is 1. The second-order valence-corrected chi connectivity index (χ2v) is 9.42. The minimum Gasteiger partial charge on any atom is -0.483 e. The van der Waals surface area contributed by atoms with Crippen molar-refractivity contribution >= 4 is 23.4 Å². The highest BCUT2D eigenvalue weighted by molar-refractivity contribution is 6.31. The summed E-state index contributed by atoms with van der Waals surface area (Å²) in [5, 5.41) is 3.73. The molecule has 0 unspecified atom stereocenters. The number of carbonyl (C=O) groups excluding carboxylic acids is 2. The third-order valence-corrected chi connectivity index (χ3v) is 6.65. The number of amides is 2. The van der Waals surface area contributed by atoms with E-state index in [0.29, 0.717) is 17.2 Å². The van der Waals surface area contributed by atoms with E-state index >= 15 is 0 Å². The molecule has 33 heavy (non-hydrogen) atoms. The zero-order valence-electron chi connectivity index (χ0n) is 19.9. The van der Waals surface area contributed by atoms with Crippen molar-refractivity contribution in [3.8, 4) is 5.75 Å².